The molecular weight excluding hydrogens is 167 g/mol. The van der Waals surface area contributed by atoms with E-state index in [1.807, 2.05) is 5.82 Å². The molecule has 0 aliphatic rings. The van der Waals surface area contributed by atoms with Crippen molar-refractivity contribution in [2.45, 2.75) is 37.3 Å². The molecule has 0 saturated carbocycles. The van der Waals surface area contributed by atoms with E-state index in [1.54, 1.807) is 0 Å². The fourth-order valence-electron chi connectivity index (χ4n) is 0.555. The van der Waals surface area contributed by atoms with Gasteiger partial charge in [0.1, 0.15) is 0 Å². The molecule has 1 unspecified atom stereocenters. The van der Waals surface area contributed by atoms with E-state index < -0.39 is 13.8 Å². The van der Waals surface area contributed by atoms with E-state index in [1.165, 1.54) is 19.3 Å². The first kappa shape index (κ1) is 8.32. The van der Waals surface area contributed by atoms with Gasteiger partial charge in [-0.05, 0) is 0 Å². The first-order chi connectivity index (χ1) is 3.77. The Morgan fingerprint density at radius 1 is 1.38 bits per heavy atom. The summed E-state index contributed by atoms with van der Waals surface area (Å²) in [5.41, 5.74) is 0. The van der Waals surface area contributed by atoms with Crippen molar-refractivity contribution in [1.29, 1.82) is 0 Å². The van der Waals surface area contributed by atoms with Crippen molar-refractivity contribution < 1.29 is 3.83 Å². The molecule has 0 heterocycles. The van der Waals surface area contributed by atoms with Gasteiger partial charge < -0.3 is 0 Å². The summed E-state index contributed by atoms with van der Waals surface area (Å²) in [6.45, 7) is 2.16. The van der Waals surface area contributed by atoms with E-state index in [-0.39, 0.29) is 0 Å². The van der Waals surface area contributed by atoms with Crippen LogP contribution in [0.4, 0.5) is 0 Å². The standard InChI is InChI=1S/C6H14OSe/c1-3-4-5-6-8(2)7/h3-6H2,1-2H3. The average Bonchev–Trinajstić information content (AvgIpc) is 1.66. The van der Waals surface area contributed by atoms with Crippen LogP contribution in [0, 0.1) is 0 Å². The van der Waals surface area contributed by atoms with Crippen LogP contribution in [-0.4, -0.2) is 13.8 Å². The van der Waals surface area contributed by atoms with Crippen molar-refractivity contribution in [3.63, 3.8) is 0 Å². The Balaban J connectivity index is 2.82. The molecule has 0 rings (SSSR count). The molecule has 0 bridgehead atoms. The molecule has 0 radical (unpaired) electrons. The molecule has 1 atom stereocenters. The van der Waals surface area contributed by atoms with Gasteiger partial charge >= 0.3 is 55.0 Å². The average molecular weight is 181 g/mol. The van der Waals surface area contributed by atoms with Gasteiger partial charge in [0.2, 0.25) is 0 Å². The fraction of sp³-hybridized carbons (Fsp3) is 1.00. The zero-order valence-electron chi connectivity index (χ0n) is 5.64. The van der Waals surface area contributed by atoms with Crippen LogP contribution in [0.15, 0.2) is 0 Å². The van der Waals surface area contributed by atoms with Gasteiger partial charge in [0.05, 0.1) is 0 Å². The molecule has 0 aromatic heterocycles. The molecule has 0 aromatic rings. The molecule has 0 N–H and O–H groups in total. The van der Waals surface area contributed by atoms with Gasteiger partial charge in [-0.2, -0.15) is 0 Å². The Morgan fingerprint density at radius 2 is 2.00 bits per heavy atom. The summed E-state index contributed by atoms with van der Waals surface area (Å²) >= 11 is -1.34. The quantitative estimate of drug-likeness (QED) is 0.480. The summed E-state index contributed by atoms with van der Waals surface area (Å²) in [7, 11) is 0. The number of hydrogen-bond acceptors (Lipinski definition) is 1. The van der Waals surface area contributed by atoms with Crippen LogP contribution < -0.4 is 0 Å². The van der Waals surface area contributed by atoms with E-state index in [9.17, 15) is 3.83 Å². The third-order valence-corrected chi connectivity index (χ3v) is 2.85. The Bertz CT molecular complexity index is 70.9. The second-order valence-corrected chi connectivity index (χ2v) is 5.25. The molecular formula is C6H14OSe. The predicted octanol–water partition coefficient (Wildman–Crippen LogP) is 2.23. The van der Waals surface area contributed by atoms with Gasteiger partial charge in [-0.25, -0.2) is 0 Å². The normalized spacial score (nSPS) is 13.8. The molecule has 0 amide bonds. The molecule has 8 heavy (non-hydrogen) atoms. The van der Waals surface area contributed by atoms with Crippen molar-refractivity contribution in [1.82, 2.24) is 0 Å². The molecule has 0 aliphatic heterocycles. The molecule has 0 spiro atoms. The topological polar surface area (TPSA) is 17.1 Å². The first-order valence-corrected chi connectivity index (χ1v) is 6.69. The van der Waals surface area contributed by atoms with Gasteiger partial charge in [0.25, 0.3) is 0 Å². The van der Waals surface area contributed by atoms with Crippen LogP contribution in [-0.2, 0) is 3.83 Å². The zero-order valence-corrected chi connectivity index (χ0v) is 7.36. The third-order valence-electron chi connectivity index (χ3n) is 1.04. The van der Waals surface area contributed by atoms with Crippen molar-refractivity contribution in [3.05, 3.63) is 0 Å². The van der Waals surface area contributed by atoms with E-state index in [4.69, 9.17) is 0 Å². The van der Waals surface area contributed by atoms with Gasteiger partial charge in [0, 0.05) is 0 Å². The van der Waals surface area contributed by atoms with E-state index in [2.05, 4.69) is 6.92 Å². The summed E-state index contributed by atoms with van der Waals surface area (Å²) < 4.78 is 10.5. The molecule has 1 nitrogen and oxygen atoms in total. The summed E-state index contributed by atoms with van der Waals surface area (Å²) in [5.74, 6) is 1.86. The van der Waals surface area contributed by atoms with Gasteiger partial charge in [0.15, 0.2) is 0 Å². The van der Waals surface area contributed by atoms with Crippen molar-refractivity contribution in [2.24, 2.45) is 0 Å². The zero-order chi connectivity index (χ0) is 6.41. The van der Waals surface area contributed by atoms with E-state index in [0.717, 1.165) is 5.32 Å². The van der Waals surface area contributed by atoms with Gasteiger partial charge in [-0.15, -0.1) is 0 Å². The summed E-state index contributed by atoms with van der Waals surface area (Å²) in [6, 6.07) is 0. The molecule has 2 heteroatoms. The van der Waals surface area contributed by atoms with Crippen LogP contribution in [0.2, 0.25) is 11.1 Å². The van der Waals surface area contributed by atoms with Crippen LogP contribution in [0.5, 0.6) is 0 Å². The Hall–Kier alpha value is 0.319. The molecule has 0 aliphatic carbocycles. The van der Waals surface area contributed by atoms with Crippen molar-refractivity contribution in [2.75, 3.05) is 0 Å². The monoisotopic (exact) mass is 182 g/mol. The SMILES string of the molecule is CCCCC[Se](C)=O. The predicted molar refractivity (Wildman–Crippen MR) is 36.6 cm³/mol. The summed E-state index contributed by atoms with van der Waals surface area (Å²) in [4.78, 5) is 0. The number of hydrogen-bond donors (Lipinski definition) is 0. The Kier molecular flexibility index (Phi) is 5.67. The minimum atomic E-state index is -1.34. The molecule has 0 fully saturated rings. The molecule has 0 aromatic carbocycles. The first-order valence-electron chi connectivity index (χ1n) is 3.07. The Labute approximate surface area is 55.6 Å². The van der Waals surface area contributed by atoms with Crippen molar-refractivity contribution >= 4 is 13.8 Å². The Morgan fingerprint density at radius 3 is 2.38 bits per heavy atom. The van der Waals surface area contributed by atoms with E-state index >= 15 is 0 Å². The number of unbranched alkanes of at least 4 members (excludes halogenated alkanes) is 2. The van der Waals surface area contributed by atoms with E-state index in [0.29, 0.717) is 0 Å². The number of rotatable bonds is 4. The second kappa shape index (κ2) is 5.46. The molecule has 0 saturated heterocycles. The van der Waals surface area contributed by atoms with Crippen LogP contribution in [0.3, 0.4) is 0 Å². The fourth-order valence-corrected chi connectivity index (χ4v) is 1.84. The maximum atomic E-state index is 10.5. The summed E-state index contributed by atoms with van der Waals surface area (Å²) in [6.07, 6.45) is 3.65. The summed E-state index contributed by atoms with van der Waals surface area (Å²) in [5, 5.41) is 0.980. The van der Waals surface area contributed by atoms with Crippen LogP contribution >= 0.6 is 0 Å². The third kappa shape index (κ3) is 6.32. The second-order valence-electron chi connectivity index (χ2n) is 1.98. The van der Waals surface area contributed by atoms with Crippen LogP contribution in [0.1, 0.15) is 26.2 Å². The van der Waals surface area contributed by atoms with Crippen molar-refractivity contribution in [3.8, 4) is 0 Å². The molecule has 50 valence electrons. The maximum absolute atomic E-state index is 10.5. The van der Waals surface area contributed by atoms with Crippen LogP contribution in [0.25, 0.3) is 0 Å². The van der Waals surface area contributed by atoms with Gasteiger partial charge in [-0.3, -0.25) is 0 Å². The van der Waals surface area contributed by atoms with Gasteiger partial charge in [-0.1, -0.05) is 0 Å². The minimum absolute atomic E-state index is 0.980.